The van der Waals surface area contributed by atoms with E-state index in [4.69, 9.17) is 4.74 Å². The summed E-state index contributed by atoms with van der Waals surface area (Å²) in [5, 5.41) is 9.27. The Morgan fingerprint density at radius 3 is 2.57 bits per heavy atom. The third kappa shape index (κ3) is 3.07. The minimum absolute atomic E-state index is 0.0318. The molecule has 3 aliphatic rings. The van der Waals surface area contributed by atoms with Gasteiger partial charge in [-0.05, 0) is 31.1 Å². The van der Waals surface area contributed by atoms with Crippen LogP contribution in [0.4, 0.5) is 0 Å². The van der Waals surface area contributed by atoms with Crippen LogP contribution in [0, 0.1) is 17.8 Å². The average Bonchev–Trinajstić information content (AvgIpc) is 2.53. The summed E-state index contributed by atoms with van der Waals surface area (Å²) < 4.78 is 5.22. The van der Waals surface area contributed by atoms with Gasteiger partial charge in [-0.25, -0.2) is 4.79 Å². The van der Waals surface area contributed by atoms with E-state index in [0.717, 1.165) is 25.2 Å². The third-order valence-electron chi connectivity index (χ3n) is 5.59. The monoisotopic (exact) mass is 295 g/mol. The van der Waals surface area contributed by atoms with E-state index in [1.165, 1.54) is 25.7 Å². The maximum Gasteiger partial charge on any atom is 0.328 e. The van der Waals surface area contributed by atoms with Crippen LogP contribution in [0.2, 0.25) is 0 Å². The van der Waals surface area contributed by atoms with Crippen molar-refractivity contribution in [1.29, 1.82) is 0 Å². The van der Waals surface area contributed by atoms with Crippen LogP contribution in [0.5, 0.6) is 0 Å². The number of carboxylic acids is 1. The predicted molar refractivity (Wildman–Crippen MR) is 76.7 cm³/mol. The van der Waals surface area contributed by atoms with Gasteiger partial charge >= 0.3 is 5.97 Å². The number of ether oxygens (including phenoxy) is 1. The normalized spacial score (nSPS) is 36.9. The Morgan fingerprint density at radius 2 is 1.81 bits per heavy atom. The first-order chi connectivity index (χ1) is 10.2. The number of carboxylic acid groups (broad SMARTS) is 1. The molecule has 21 heavy (non-hydrogen) atoms. The second-order valence-corrected chi connectivity index (χ2v) is 6.78. The zero-order valence-electron chi connectivity index (χ0n) is 12.5. The highest BCUT2D eigenvalue weighted by molar-refractivity contribution is 5.85. The van der Waals surface area contributed by atoms with Gasteiger partial charge in [-0.15, -0.1) is 0 Å². The molecule has 5 nitrogen and oxygen atoms in total. The molecule has 4 atom stereocenters. The second-order valence-electron chi connectivity index (χ2n) is 6.78. The van der Waals surface area contributed by atoms with E-state index >= 15 is 0 Å². The summed E-state index contributed by atoms with van der Waals surface area (Å²) in [6.45, 7) is 0.995. The summed E-state index contributed by atoms with van der Waals surface area (Å²) >= 11 is 0. The lowest BCUT2D eigenvalue weighted by Crippen LogP contribution is -2.54. The lowest BCUT2D eigenvalue weighted by molar-refractivity contribution is -0.161. The third-order valence-corrected chi connectivity index (χ3v) is 5.59. The Kier molecular flexibility index (Phi) is 4.48. The van der Waals surface area contributed by atoms with Gasteiger partial charge in [0.1, 0.15) is 0 Å². The maximum atomic E-state index is 12.7. The molecule has 3 fully saturated rings. The molecule has 0 aromatic rings. The van der Waals surface area contributed by atoms with Crippen LogP contribution in [-0.2, 0) is 14.3 Å². The van der Waals surface area contributed by atoms with Gasteiger partial charge in [0.25, 0.3) is 0 Å². The van der Waals surface area contributed by atoms with Crippen molar-refractivity contribution in [1.82, 2.24) is 4.90 Å². The molecule has 0 aromatic heterocycles. The molecule has 0 radical (unpaired) electrons. The zero-order chi connectivity index (χ0) is 14.8. The Morgan fingerprint density at radius 1 is 1.05 bits per heavy atom. The van der Waals surface area contributed by atoms with E-state index in [0.29, 0.717) is 19.1 Å². The topological polar surface area (TPSA) is 66.8 Å². The molecule has 2 aliphatic carbocycles. The Hall–Kier alpha value is -1.10. The number of hydrogen-bond donors (Lipinski definition) is 1. The molecule has 1 heterocycles. The Balaban J connectivity index is 1.65. The second kappa shape index (κ2) is 6.34. The van der Waals surface area contributed by atoms with E-state index in [2.05, 4.69) is 0 Å². The molecule has 1 N–H and O–H groups in total. The van der Waals surface area contributed by atoms with Gasteiger partial charge < -0.3 is 14.7 Å². The quantitative estimate of drug-likeness (QED) is 0.845. The Labute approximate surface area is 125 Å². The molecule has 0 bridgehead atoms. The molecule has 1 amide bonds. The predicted octanol–water partition coefficient (Wildman–Crippen LogP) is 1.90. The summed E-state index contributed by atoms with van der Waals surface area (Å²) in [7, 11) is 0. The van der Waals surface area contributed by atoms with Crippen molar-refractivity contribution in [2.75, 3.05) is 19.8 Å². The Bertz CT molecular complexity index is 411. The lowest BCUT2D eigenvalue weighted by atomic mass is 9.67. The summed E-state index contributed by atoms with van der Waals surface area (Å²) in [5.74, 6) is 0.627. The largest absolute Gasteiger partial charge is 0.480 e. The molecule has 4 unspecified atom stereocenters. The van der Waals surface area contributed by atoms with Crippen LogP contribution in [0.3, 0.4) is 0 Å². The molecule has 3 rings (SSSR count). The van der Waals surface area contributed by atoms with Gasteiger partial charge in [-0.3, -0.25) is 4.79 Å². The van der Waals surface area contributed by atoms with Crippen LogP contribution in [0.1, 0.15) is 44.9 Å². The van der Waals surface area contributed by atoms with Crippen molar-refractivity contribution in [3.8, 4) is 0 Å². The maximum absolute atomic E-state index is 12.7. The van der Waals surface area contributed by atoms with Gasteiger partial charge in [0.2, 0.25) is 5.91 Å². The fourth-order valence-electron chi connectivity index (χ4n) is 4.40. The number of nitrogens with zero attached hydrogens (tertiary/aromatic N) is 1. The van der Waals surface area contributed by atoms with Crippen molar-refractivity contribution in [2.45, 2.75) is 51.0 Å². The molecule has 5 heteroatoms. The van der Waals surface area contributed by atoms with Gasteiger partial charge in [-0.1, -0.05) is 25.7 Å². The zero-order valence-corrected chi connectivity index (χ0v) is 12.5. The summed E-state index contributed by atoms with van der Waals surface area (Å²) in [4.78, 5) is 25.6. The van der Waals surface area contributed by atoms with E-state index in [-0.39, 0.29) is 18.4 Å². The first-order valence-electron chi connectivity index (χ1n) is 8.28. The van der Waals surface area contributed by atoms with Crippen molar-refractivity contribution in [2.24, 2.45) is 17.8 Å². The molecule has 118 valence electrons. The van der Waals surface area contributed by atoms with Gasteiger partial charge in [0.05, 0.1) is 13.2 Å². The van der Waals surface area contributed by atoms with E-state index in [9.17, 15) is 14.7 Å². The van der Waals surface area contributed by atoms with Gasteiger partial charge in [0, 0.05) is 12.5 Å². The molecule has 0 spiro atoms. The molecule has 0 aromatic carbocycles. The van der Waals surface area contributed by atoms with Crippen molar-refractivity contribution >= 4 is 11.9 Å². The first-order valence-corrected chi connectivity index (χ1v) is 8.28. The van der Waals surface area contributed by atoms with Crippen LogP contribution < -0.4 is 0 Å². The van der Waals surface area contributed by atoms with Crippen molar-refractivity contribution in [3.63, 3.8) is 0 Å². The number of carbonyl (C=O) groups excluding carboxylic acids is 1. The summed E-state index contributed by atoms with van der Waals surface area (Å²) in [6, 6.07) is -0.796. The van der Waals surface area contributed by atoms with E-state index < -0.39 is 12.0 Å². The number of fused-ring (bicyclic) bond motifs is 1. The van der Waals surface area contributed by atoms with Crippen LogP contribution in [-0.4, -0.2) is 47.7 Å². The number of carbonyl (C=O) groups is 2. The van der Waals surface area contributed by atoms with Crippen molar-refractivity contribution < 1.29 is 19.4 Å². The van der Waals surface area contributed by atoms with E-state index in [1.807, 2.05) is 0 Å². The number of rotatable bonds is 2. The smallest absolute Gasteiger partial charge is 0.328 e. The molecular formula is C16H25NO4. The number of aliphatic carboxylic acids is 1. The van der Waals surface area contributed by atoms with Crippen LogP contribution >= 0.6 is 0 Å². The summed E-state index contributed by atoms with van der Waals surface area (Å²) in [5.41, 5.74) is 0. The van der Waals surface area contributed by atoms with Gasteiger partial charge in [-0.2, -0.15) is 0 Å². The van der Waals surface area contributed by atoms with Crippen molar-refractivity contribution in [3.05, 3.63) is 0 Å². The fraction of sp³-hybridized carbons (Fsp3) is 0.875. The molecule has 2 saturated carbocycles. The lowest BCUT2D eigenvalue weighted by Gasteiger charge is -2.41. The minimum atomic E-state index is -0.950. The highest BCUT2D eigenvalue weighted by Gasteiger charge is 2.40. The SMILES string of the molecule is O=C(O)C1COCCN1C(=O)C1CCC2CCCCC2C1. The standard InChI is InChI=1S/C16H25NO4/c18-15(17-7-8-21-10-14(17)16(19)20)13-6-5-11-3-1-2-4-12(11)9-13/h11-14H,1-10H2,(H,19,20). The first kappa shape index (κ1) is 14.8. The van der Waals surface area contributed by atoms with Crippen LogP contribution in [0.15, 0.2) is 0 Å². The fourth-order valence-corrected chi connectivity index (χ4v) is 4.40. The highest BCUT2D eigenvalue weighted by atomic mass is 16.5. The molecular weight excluding hydrogens is 270 g/mol. The van der Waals surface area contributed by atoms with Crippen LogP contribution in [0.25, 0.3) is 0 Å². The average molecular weight is 295 g/mol. The summed E-state index contributed by atoms with van der Waals surface area (Å²) in [6.07, 6.45) is 8.24. The number of hydrogen-bond acceptors (Lipinski definition) is 3. The minimum Gasteiger partial charge on any atom is -0.480 e. The van der Waals surface area contributed by atoms with Gasteiger partial charge in [0.15, 0.2) is 6.04 Å². The number of morpholine rings is 1. The molecule has 1 aliphatic heterocycles. The van der Waals surface area contributed by atoms with E-state index in [1.54, 1.807) is 4.90 Å². The molecule has 1 saturated heterocycles. The number of amides is 1. The highest BCUT2D eigenvalue weighted by Crippen LogP contribution is 2.43.